The molecule has 0 saturated heterocycles. The Bertz CT molecular complexity index is 1100. The second-order valence-corrected chi connectivity index (χ2v) is 8.45. The van der Waals surface area contributed by atoms with Crippen molar-refractivity contribution in [2.75, 3.05) is 11.4 Å². The average Bonchev–Trinajstić information content (AvgIpc) is 3.18. The van der Waals surface area contributed by atoms with E-state index in [-0.39, 0.29) is 12.7 Å². The lowest BCUT2D eigenvalue weighted by Crippen LogP contribution is -2.29. The van der Waals surface area contributed by atoms with Gasteiger partial charge in [-0.25, -0.2) is 4.79 Å². The summed E-state index contributed by atoms with van der Waals surface area (Å²) in [6, 6.07) is 17.7. The van der Waals surface area contributed by atoms with Crippen LogP contribution in [0, 0.1) is 20.8 Å². The van der Waals surface area contributed by atoms with Crippen LogP contribution in [0.2, 0.25) is 0 Å². The van der Waals surface area contributed by atoms with E-state index in [4.69, 9.17) is 9.47 Å². The molecule has 0 N–H and O–H groups in total. The van der Waals surface area contributed by atoms with Crippen molar-refractivity contribution in [1.29, 1.82) is 0 Å². The van der Waals surface area contributed by atoms with Gasteiger partial charge in [0, 0.05) is 11.0 Å². The largest absolute Gasteiger partial charge is 0.457 e. The summed E-state index contributed by atoms with van der Waals surface area (Å²) in [5.74, 6) is 1.66. The average molecular weight is 466 g/mol. The monoisotopic (exact) mass is 465 g/mol. The molecule has 4 rings (SSSR count). The van der Waals surface area contributed by atoms with Crippen molar-refractivity contribution < 1.29 is 14.3 Å². The first-order valence-electron chi connectivity index (χ1n) is 9.99. The summed E-state index contributed by atoms with van der Waals surface area (Å²) in [6.45, 7) is 7.02. The van der Waals surface area contributed by atoms with Gasteiger partial charge in [0.2, 0.25) is 0 Å². The molecule has 0 radical (unpaired) electrons. The van der Waals surface area contributed by atoms with Crippen molar-refractivity contribution in [2.24, 2.45) is 0 Å². The normalized spacial score (nSPS) is 12.6. The van der Waals surface area contributed by atoms with Gasteiger partial charge in [-0.3, -0.25) is 4.90 Å². The maximum Gasteiger partial charge on any atom is 0.414 e. The first-order chi connectivity index (χ1) is 14.4. The van der Waals surface area contributed by atoms with Crippen molar-refractivity contribution in [3.05, 3.63) is 86.9 Å². The fourth-order valence-electron chi connectivity index (χ4n) is 3.71. The van der Waals surface area contributed by atoms with E-state index in [0.717, 1.165) is 55.9 Å². The third-order valence-electron chi connectivity index (χ3n) is 5.50. The molecular weight excluding hydrogens is 442 g/mol. The van der Waals surface area contributed by atoms with Crippen LogP contribution in [0.25, 0.3) is 0 Å². The molecule has 0 spiro atoms. The molecule has 0 saturated carbocycles. The Kier molecular flexibility index (Phi) is 5.82. The van der Waals surface area contributed by atoms with E-state index in [1.807, 2.05) is 69.3 Å². The molecule has 0 unspecified atom stereocenters. The number of amides is 1. The van der Waals surface area contributed by atoms with E-state index in [1.165, 1.54) is 0 Å². The maximum atomic E-state index is 12.7. The van der Waals surface area contributed by atoms with E-state index in [9.17, 15) is 4.79 Å². The Balaban J connectivity index is 1.52. The SMILES string of the molecule is Cc1cc(Oc2ccc3c(c2C)CCN3C(=O)OCc2ccccc2)c(C)cc1Br. The number of rotatable bonds is 4. The Morgan fingerprint density at radius 3 is 2.53 bits per heavy atom. The van der Waals surface area contributed by atoms with Crippen LogP contribution in [0.5, 0.6) is 11.5 Å². The number of benzene rings is 3. The van der Waals surface area contributed by atoms with Crippen LogP contribution in [0.3, 0.4) is 0 Å². The smallest absolute Gasteiger partial charge is 0.414 e. The van der Waals surface area contributed by atoms with E-state index in [2.05, 4.69) is 22.0 Å². The van der Waals surface area contributed by atoms with Crippen molar-refractivity contribution in [2.45, 2.75) is 33.8 Å². The summed E-state index contributed by atoms with van der Waals surface area (Å²) < 4.78 is 12.8. The molecule has 4 nitrogen and oxygen atoms in total. The van der Waals surface area contributed by atoms with Crippen molar-refractivity contribution in [3.8, 4) is 11.5 Å². The van der Waals surface area contributed by atoms with E-state index >= 15 is 0 Å². The van der Waals surface area contributed by atoms with Crippen LogP contribution in [-0.2, 0) is 17.8 Å². The zero-order valence-electron chi connectivity index (χ0n) is 17.4. The molecular formula is C25H24BrNO3. The lowest BCUT2D eigenvalue weighted by molar-refractivity contribution is 0.147. The highest BCUT2D eigenvalue weighted by atomic mass is 79.9. The molecule has 0 fully saturated rings. The number of fused-ring (bicyclic) bond motifs is 1. The van der Waals surface area contributed by atoms with Crippen LogP contribution < -0.4 is 9.64 Å². The number of aryl methyl sites for hydroxylation is 2. The number of halogens is 1. The lowest BCUT2D eigenvalue weighted by Gasteiger charge is -2.19. The molecule has 1 aliphatic heterocycles. The molecule has 1 heterocycles. The number of nitrogens with zero attached hydrogens (tertiary/aromatic N) is 1. The highest BCUT2D eigenvalue weighted by Gasteiger charge is 2.28. The summed E-state index contributed by atoms with van der Waals surface area (Å²) in [5, 5.41) is 0. The fraction of sp³-hybridized carbons (Fsp3) is 0.240. The van der Waals surface area contributed by atoms with Crippen LogP contribution in [-0.4, -0.2) is 12.6 Å². The number of ether oxygens (including phenoxy) is 2. The molecule has 30 heavy (non-hydrogen) atoms. The zero-order valence-corrected chi connectivity index (χ0v) is 19.0. The molecule has 0 aliphatic carbocycles. The minimum atomic E-state index is -0.315. The predicted octanol–water partition coefficient (Wildman–Crippen LogP) is 6.87. The second kappa shape index (κ2) is 8.52. The van der Waals surface area contributed by atoms with E-state index in [0.29, 0.717) is 6.54 Å². The van der Waals surface area contributed by atoms with E-state index in [1.54, 1.807) is 4.90 Å². The first-order valence-corrected chi connectivity index (χ1v) is 10.8. The maximum absolute atomic E-state index is 12.7. The second-order valence-electron chi connectivity index (χ2n) is 7.60. The predicted molar refractivity (Wildman–Crippen MR) is 123 cm³/mol. The van der Waals surface area contributed by atoms with Crippen LogP contribution in [0.15, 0.2) is 59.1 Å². The summed E-state index contributed by atoms with van der Waals surface area (Å²) >= 11 is 3.56. The van der Waals surface area contributed by atoms with Crippen LogP contribution in [0.4, 0.5) is 10.5 Å². The standard InChI is InChI=1S/C25H24BrNO3/c1-16-14-24(17(2)13-21(16)26)30-23-10-9-22-20(18(23)3)11-12-27(22)25(28)29-15-19-7-5-4-6-8-19/h4-10,13-14H,11-12,15H2,1-3H3. The van der Waals surface area contributed by atoms with E-state index < -0.39 is 0 Å². The number of carbonyl (C=O) groups is 1. The highest BCUT2D eigenvalue weighted by Crippen LogP contribution is 2.39. The molecule has 3 aromatic rings. The third-order valence-corrected chi connectivity index (χ3v) is 6.36. The molecule has 0 bridgehead atoms. The number of hydrogen-bond acceptors (Lipinski definition) is 3. The van der Waals surface area contributed by atoms with Gasteiger partial charge in [0.1, 0.15) is 18.1 Å². The summed E-state index contributed by atoms with van der Waals surface area (Å²) in [5.41, 5.74) is 6.27. The van der Waals surface area contributed by atoms with Gasteiger partial charge in [-0.1, -0.05) is 46.3 Å². The molecule has 0 aromatic heterocycles. The van der Waals surface area contributed by atoms with Crippen molar-refractivity contribution in [1.82, 2.24) is 0 Å². The third kappa shape index (κ3) is 4.08. The number of carbonyl (C=O) groups excluding carboxylic acids is 1. The number of hydrogen-bond donors (Lipinski definition) is 0. The fourth-order valence-corrected chi connectivity index (χ4v) is 4.17. The minimum absolute atomic E-state index is 0.272. The Labute approximate surface area is 185 Å². The lowest BCUT2D eigenvalue weighted by atomic mass is 10.0. The Hall–Kier alpha value is -2.79. The Morgan fingerprint density at radius 1 is 1.00 bits per heavy atom. The van der Waals surface area contributed by atoms with Gasteiger partial charge < -0.3 is 9.47 Å². The molecule has 0 atom stereocenters. The van der Waals surface area contributed by atoms with Gasteiger partial charge in [0.15, 0.2) is 0 Å². The quantitative estimate of drug-likeness (QED) is 0.421. The van der Waals surface area contributed by atoms with Gasteiger partial charge in [0.05, 0.1) is 5.69 Å². The van der Waals surface area contributed by atoms with Gasteiger partial charge in [-0.05, 0) is 79.3 Å². The minimum Gasteiger partial charge on any atom is -0.457 e. The highest BCUT2D eigenvalue weighted by molar-refractivity contribution is 9.10. The molecule has 3 aromatic carbocycles. The van der Waals surface area contributed by atoms with Gasteiger partial charge in [-0.15, -0.1) is 0 Å². The van der Waals surface area contributed by atoms with Crippen molar-refractivity contribution in [3.63, 3.8) is 0 Å². The molecule has 1 amide bonds. The molecule has 154 valence electrons. The van der Waals surface area contributed by atoms with Crippen LogP contribution in [0.1, 0.15) is 27.8 Å². The Morgan fingerprint density at radius 2 is 1.77 bits per heavy atom. The molecule has 1 aliphatic rings. The summed E-state index contributed by atoms with van der Waals surface area (Å²) in [4.78, 5) is 14.4. The van der Waals surface area contributed by atoms with Gasteiger partial charge >= 0.3 is 6.09 Å². The van der Waals surface area contributed by atoms with Crippen LogP contribution >= 0.6 is 15.9 Å². The topological polar surface area (TPSA) is 38.8 Å². The molecule has 5 heteroatoms. The summed E-state index contributed by atoms with van der Waals surface area (Å²) in [6.07, 6.45) is 0.474. The summed E-state index contributed by atoms with van der Waals surface area (Å²) in [7, 11) is 0. The van der Waals surface area contributed by atoms with Gasteiger partial charge in [-0.2, -0.15) is 0 Å². The number of anilines is 1. The van der Waals surface area contributed by atoms with Crippen molar-refractivity contribution >= 4 is 27.7 Å². The zero-order chi connectivity index (χ0) is 21.3. The first kappa shape index (κ1) is 20.5. The van der Waals surface area contributed by atoms with Gasteiger partial charge in [0.25, 0.3) is 0 Å².